The molecule has 0 amide bonds. The van der Waals surface area contributed by atoms with Gasteiger partial charge in [-0.15, -0.1) is 0 Å². The van der Waals surface area contributed by atoms with Crippen LogP contribution in [0.5, 0.6) is 0 Å². The van der Waals surface area contributed by atoms with Gasteiger partial charge < -0.3 is 10.3 Å². The molecular formula is C16H20ClN3O. The third kappa shape index (κ3) is 4.16. The second-order valence-corrected chi connectivity index (χ2v) is 5.64. The molecule has 0 radical (unpaired) electrons. The van der Waals surface area contributed by atoms with Crippen LogP contribution in [-0.4, -0.2) is 16.5 Å². The van der Waals surface area contributed by atoms with Crippen molar-refractivity contribution in [3.8, 4) is 0 Å². The number of benzene rings is 1. The molecule has 1 aromatic heterocycles. The zero-order valence-electron chi connectivity index (χ0n) is 12.5. The lowest BCUT2D eigenvalue weighted by molar-refractivity contribution is 0.565. The van der Waals surface area contributed by atoms with E-state index in [0.717, 1.165) is 23.7 Å². The highest BCUT2D eigenvalue weighted by molar-refractivity contribution is 6.30. The Morgan fingerprint density at radius 2 is 1.95 bits per heavy atom. The Labute approximate surface area is 129 Å². The lowest BCUT2D eigenvalue weighted by atomic mass is 10.1. The lowest BCUT2D eigenvalue weighted by Gasteiger charge is -2.15. The van der Waals surface area contributed by atoms with Gasteiger partial charge in [0.15, 0.2) is 0 Å². The average molecular weight is 306 g/mol. The van der Waals surface area contributed by atoms with E-state index in [0.29, 0.717) is 11.4 Å². The van der Waals surface area contributed by atoms with Crippen molar-refractivity contribution < 1.29 is 0 Å². The van der Waals surface area contributed by atoms with E-state index >= 15 is 0 Å². The van der Waals surface area contributed by atoms with Crippen LogP contribution in [0.15, 0.2) is 29.1 Å². The molecule has 112 valence electrons. The first-order valence-electron chi connectivity index (χ1n) is 7.02. The van der Waals surface area contributed by atoms with E-state index in [1.165, 1.54) is 5.56 Å². The SMILES string of the molecule is Cc1nc(C)c(C(C)NCCc2ccc(Cl)cc2)c(=O)[nH]1. The van der Waals surface area contributed by atoms with Crippen molar-refractivity contribution in [3.63, 3.8) is 0 Å². The summed E-state index contributed by atoms with van der Waals surface area (Å²) in [6, 6.07) is 7.77. The van der Waals surface area contributed by atoms with Crippen LogP contribution in [0, 0.1) is 13.8 Å². The Balaban J connectivity index is 1.97. The Bertz CT molecular complexity index is 664. The standard InChI is InChI=1S/C16H20ClN3O/c1-10(15-11(2)19-12(3)20-16(15)21)18-9-8-13-4-6-14(17)7-5-13/h4-7,10,18H,8-9H2,1-3H3,(H,19,20,21). The third-order valence-electron chi connectivity index (χ3n) is 3.47. The molecular weight excluding hydrogens is 286 g/mol. The zero-order chi connectivity index (χ0) is 15.4. The summed E-state index contributed by atoms with van der Waals surface area (Å²) >= 11 is 5.86. The van der Waals surface area contributed by atoms with E-state index in [1.807, 2.05) is 38.1 Å². The van der Waals surface area contributed by atoms with Gasteiger partial charge in [-0.05, 0) is 51.4 Å². The number of nitrogens with zero attached hydrogens (tertiary/aromatic N) is 1. The van der Waals surface area contributed by atoms with Crippen LogP contribution >= 0.6 is 11.6 Å². The van der Waals surface area contributed by atoms with Crippen molar-refractivity contribution >= 4 is 11.6 Å². The van der Waals surface area contributed by atoms with Crippen molar-refractivity contribution in [2.45, 2.75) is 33.2 Å². The van der Waals surface area contributed by atoms with E-state index in [4.69, 9.17) is 11.6 Å². The Morgan fingerprint density at radius 1 is 1.29 bits per heavy atom. The molecule has 0 fully saturated rings. The molecule has 2 aromatic rings. The summed E-state index contributed by atoms with van der Waals surface area (Å²) in [5.74, 6) is 0.648. The van der Waals surface area contributed by atoms with Gasteiger partial charge in [0.25, 0.3) is 5.56 Å². The summed E-state index contributed by atoms with van der Waals surface area (Å²) in [5.41, 5.74) is 2.64. The van der Waals surface area contributed by atoms with Gasteiger partial charge in [-0.3, -0.25) is 4.79 Å². The highest BCUT2D eigenvalue weighted by atomic mass is 35.5. The monoisotopic (exact) mass is 305 g/mol. The van der Waals surface area contributed by atoms with E-state index in [-0.39, 0.29) is 11.6 Å². The van der Waals surface area contributed by atoms with Crippen LogP contribution in [0.1, 0.15) is 35.6 Å². The Hall–Kier alpha value is -1.65. The van der Waals surface area contributed by atoms with Crippen LogP contribution in [0.3, 0.4) is 0 Å². The van der Waals surface area contributed by atoms with Gasteiger partial charge in [-0.25, -0.2) is 4.98 Å². The van der Waals surface area contributed by atoms with Gasteiger partial charge in [0.05, 0.1) is 5.56 Å². The molecule has 1 aromatic carbocycles. The molecule has 1 atom stereocenters. The summed E-state index contributed by atoms with van der Waals surface area (Å²) in [6.07, 6.45) is 0.887. The van der Waals surface area contributed by atoms with Gasteiger partial charge in [0, 0.05) is 16.8 Å². The van der Waals surface area contributed by atoms with Crippen molar-refractivity contribution in [2.24, 2.45) is 0 Å². The minimum Gasteiger partial charge on any atom is -0.310 e. The number of hydrogen-bond acceptors (Lipinski definition) is 3. The van der Waals surface area contributed by atoms with E-state index in [9.17, 15) is 4.79 Å². The molecule has 0 spiro atoms. The maximum absolute atomic E-state index is 12.0. The number of aryl methyl sites for hydroxylation is 2. The van der Waals surface area contributed by atoms with Crippen molar-refractivity contribution in [1.29, 1.82) is 0 Å². The second-order valence-electron chi connectivity index (χ2n) is 5.20. The minimum absolute atomic E-state index is 0.0332. The largest absolute Gasteiger partial charge is 0.310 e. The normalized spacial score (nSPS) is 12.4. The van der Waals surface area contributed by atoms with Crippen LogP contribution in [-0.2, 0) is 6.42 Å². The average Bonchev–Trinajstić information content (AvgIpc) is 2.40. The molecule has 0 aliphatic carbocycles. The molecule has 0 aliphatic heterocycles. The number of halogens is 1. The summed E-state index contributed by atoms with van der Waals surface area (Å²) in [6.45, 7) is 6.43. The molecule has 0 saturated carbocycles. The fourth-order valence-electron chi connectivity index (χ4n) is 2.43. The number of aromatic nitrogens is 2. The summed E-state index contributed by atoms with van der Waals surface area (Å²) in [4.78, 5) is 19.1. The molecule has 0 saturated heterocycles. The van der Waals surface area contributed by atoms with Crippen LogP contribution in [0.2, 0.25) is 5.02 Å². The first kappa shape index (κ1) is 15.7. The molecule has 0 bridgehead atoms. The molecule has 5 heteroatoms. The van der Waals surface area contributed by atoms with Gasteiger partial charge in [-0.2, -0.15) is 0 Å². The molecule has 4 nitrogen and oxygen atoms in total. The van der Waals surface area contributed by atoms with Crippen LogP contribution < -0.4 is 10.9 Å². The molecule has 21 heavy (non-hydrogen) atoms. The predicted octanol–water partition coefficient (Wildman–Crippen LogP) is 2.93. The van der Waals surface area contributed by atoms with Crippen molar-refractivity contribution in [2.75, 3.05) is 6.54 Å². The van der Waals surface area contributed by atoms with Crippen molar-refractivity contribution in [1.82, 2.24) is 15.3 Å². The summed E-state index contributed by atoms with van der Waals surface area (Å²) in [5, 5.41) is 4.11. The molecule has 0 aliphatic rings. The van der Waals surface area contributed by atoms with E-state index < -0.39 is 0 Å². The molecule has 1 heterocycles. The zero-order valence-corrected chi connectivity index (χ0v) is 13.3. The van der Waals surface area contributed by atoms with Gasteiger partial charge in [-0.1, -0.05) is 23.7 Å². The van der Waals surface area contributed by atoms with Gasteiger partial charge >= 0.3 is 0 Å². The third-order valence-corrected chi connectivity index (χ3v) is 3.73. The fourth-order valence-corrected chi connectivity index (χ4v) is 2.56. The predicted molar refractivity (Wildman–Crippen MR) is 85.9 cm³/mol. The number of hydrogen-bond donors (Lipinski definition) is 2. The van der Waals surface area contributed by atoms with Crippen LogP contribution in [0.4, 0.5) is 0 Å². The summed E-state index contributed by atoms with van der Waals surface area (Å²) in [7, 11) is 0. The van der Waals surface area contributed by atoms with E-state index in [1.54, 1.807) is 6.92 Å². The first-order chi connectivity index (χ1) is 9.97. The topological polar surface area (TPSA) is 57.8 Å². The maximum Gasteiger partial charge on any atom is 0.255 e. The highest BCUT2D eigenvalue weighted by Crippen LogP contribution is 2.12. The Kier molecular flexibility index (Phi) is 5.15. The smallest absolute Gasteiger partial charge is 0.255 e. The van der Waals surface area contributed by atoms with Gasteiger partial charge in [0.1, 0.15) is 5.82 Å². The first-order valence-corrected chi connectivity index (χ1v) is 7.40. The number of rotatable bonds is 5. The van der Waals surface area contributed by atoms with Gasteiger partial charge in [0.2, 0.25) is 0 Å². The molecule has 2 rings (SSSR count). The Morgan fingerprint density at radius 3 is 2.57 bits per heavy atom. The van der Waals surface area contributed by atoms with E-state index in [2.05, 4.69) is 15.3 Å². The number of nitrogens with one attached hydrogen (secondary N) is 2. The minimum atomic E-state index is -0.0634. The van der Waals surface area contributed by atoms with Crippen molar-refractivity contribution in [3.05, 3.63) is 62.3 Å². The summed E-state index contributed by atoms with van der Waals surface area (Å²) < 4.78 is 0. The fraction of sp³-hybridized carbons (Fsp3) is 0.375. The van der Waals surface area contributed by atoms with Crippen LogP contribution in [0.25, 0.3) is 0 Å². The lowest BCUT2D eigenvalue weighted by Crippen LogP contribution is -2.29. The number of H-pyrrole nitrogens is 1. The maximum atomic E-state index is 12.0. The molecule has 2 N–H and O–H groups in total. The quantitative estimate of drug-likeness (QED) is 0.893. The number of aromatic amines is 1. The second kappa shape index (κ2) is 6.87. The highest BCUT2D eigenvalue weighted by Gasteiger charge is 2.13. The molecule has 1 unspecified atom stereocenters.